The van der Waals surface area contributed by atoms with Crippen LogP contribution in [0.3, 0.4) is 0 Å². The molecule has 2 aliphatic rings. The van der Waals surface area contributed by atoms with E-state index < -0.39 is 6.09 Å². The quantitative estimate of drug-likeness (QED) is 0.789. The van der Waals surface area contributed by atoms with Crippen LogP contribution in [0.2, 0.25) is 0 Å². The standard InChI is InChI=1S/C20H27N5O4/c1-28-16-10-14-15(11-17(16)29-2)22-19(24-7-3-4-8-24)23-18(14)21-13-6-5-9-25(12-13)20(26)27/h10-11,13H,3-9,12H2,1-2H3,(H,26,27)(H,21,22,23)/t13-/m1/s1. The molecule has 9 nitrogen and oxygen atoms in total. The van der Waals surface area contributed by atoms with Crippen molar-refractivity contribution in [1.82, 2.24) is 14.9 Å². The lowest BCUT2D eigenvalue weighted by Gasteiger charge is -2.32. The lowest BCUT2D eigenvalue weighted by Crippen LogP contribution is -2.44. The second-order valence-corrected chi connectivity index (χ2v) is 7.50. The first-order valence-electron chi connectivity index (χ1n) is 10.0. The summed E-state index contributed by atoms with van der Waals surface area (Å²) in [7, 11) is 3.20. The third-order valence-electron chi connectivity index (χ3n) is 5.61. The van der Waals surface area contributed by atoms with Gasteiger partial charge in [0.2, 0.25) is 5.95 Å². The van der Waals surface area contributed by atoms with E-state index in [4.69, 9.17) is 19.4 Å². The fraction of sp³-hybridized carbons (Fsp3) is 0.550. The first-order chi connectivity index (χ1) is 14.1. The Morgan fingerprint density at radius 3 is 2.52 bits per heavy atom. The van der Waals surface area contributed by atoms with Crippen LogP contribution in [-0.4, -0.2) is 72.5 Å². The largest absolute Gasteiger partial charge is 0.493 e. The lowest BCUT2D eigenvalue weighted by atomic mass is 10.1. The molecule has 3 heterocycles. The maximum Gasteiger partial charge on any atom is 0.407 e. The Kier molecular flexibility index (Phi) is 5.46. The molecule has 0 unspecified atom stereocenters. The van der Waals surface area contributed by atoms with Gasteiger partial charge in [0.25, 0.3) is 0 Å². The van der Waals surface area contributed by atoms with Gasteiger partial charge in [-0.25, -0.2) is 9.78 Å². The van der Waals surface area contributed by atoms with E-state index >= 15 is 0 Å². The van der Waals surface area contributed by atoms with Crippen molar-refractivity contribution in [2.24, 2.45) is 0 Å². The highest BCUT2D eigenvalue weighted by atomic mass is 16.5. The number of carbonyl (C=O) groups is 1. The molecule has 29 heavy (non-hydrogen) atoms. The zero-order valence-electron chi connectivity index (χ0n) is 16.8. The topological polar surface area (TPSA) is 100 Å². The molecule has 2 aromatic rings. The van der Waals surface area contributed by atoms with Crippen molar-refractivity contribution in [3.05, 3.63) is 12.1 Å². The normalized spacial score (nSPS) is 19.4. The maximum absolute atomic E-state index is 11.4. The zero-order valence-corrected chi connectivity index (χ0v) is 16.8. The average Bonchev–Trinajstić information content (AvgIpc) is 3.27. The van der Waals surface area contributed by atoms with Crippen molar-refractivity contribution < 1.29 is 19.4 Å². The summed E-state index contributed by atoms with van der Waals surface area (Å²) >= 11 is 0. The molecule has 0 spiro atoms. The number of amides is 1. The predicted octanol–water partition coefficient (Wildman–Crippen LogP) is 2.80. The van der Waals surface area contributed by atoms with Gasteiger partial charge < -0.3 is 29.7 Å². The summed E-state index contributed by atoms with van der Waals surface area (Å²) in [6.45, 7) is 2.89. The molecule has 0 saturated carbocycles. The van der Waals surface area contributed by atoms with Gasteiger partial charge >= 0.3 is 6.09 Å². The fourth-order valence-corrected chi connectivity index (χ4v) is 4.07. The summed E-state index contributed by atoms with van der Waals surface area (Å²) in [5.41, 5.74) is 0.771. The zero-order chi connectivity index (χ0) is 20.4. The smallest absolute Gasteiger partial charge is 0.407 e. The van der Waals surface area contributed by atoms with Crippen molar-refractivity contribution in [2.75, 3.05) is 50.6 Å². The van der Waals surface area contributed by atoms with Crippen LogP contribution < -0.4 is 19.7 Å². The minimum atomic E-state index is -0.881. The van der Waals surface area contributed by atoms with Crippen LogP contribution in [0.1, 0.15) is 25.7 Å². The first-order valence-corrected chi connectivity index (χ1v) is 10.0. The van der Waals surface area contributed by atoms with E-state index in [0.29, 0.717) is 36.4 Å². The van der Waals surface area contributed by atoms with Crippen LogP contribution in [0, 0.1) is 0 Å². The van der Waals surface area contributed by atoms with Crippen LogP contribution in [-0.2, 0) is 0 Å². The first kappa shape index (κ1) is 19.4. The summed E-state index contributed by atoms with van der Waals surface area (Å²) in [5, 5.41) is 13.7. The highest BCUT2D eigenvalue weighted by molar-refractivity contribution is 5.93. The number of piperidine rings is 1. The number of ether oxygens (including phenoxy) is 2. The minimum absolute atomic E-state index is 0.00234. The highest BCUT2D eigenvalue weighted by Crippen LogP contribution is 2.36. The Hall–Kier alpha value is -2.97. The third kappa shape index (κ3) is 3.94. The number of nitrogens with zero attached hydrogens (tertiary/aromatic N) is 4. The van der Waals surface area contributed by atoms with E-state index in [9.17, 15) is 9.90 Å². The summed E-state index contributed by atoms with van der Waals surface area (Å²) in [6.07, 6.45) is 3.09. The van der Waals surface area contributed by atoms with Crippen LogP contribution in [0.15, 0.2) is 12.1 Å². The summed E-state index contributed by atoms with van der Waals surface area (Å²) < 4.78 is 10.9. The minimum Gasteiger partial charge on any atom is -0.493 e. The molecule has 156 valence electrons. The molecule has 2 aliphatic heterocycles. The SMILES string of the molecule is COc1cc2nc(N3CCCC3)nc(N[C@@H]3CCCN(C(=O)O)C3)c2cc1OC. The van der Waals surface area contributed by atoms with E-state index in [1.165, 1.54) is 4.90 Å². The molecule has 2 fully saturated rings. The Morgan fingerprint density at radius 2 is 1.83 bits per heavy atom. The Balaban J connectivity index is 1.74. The molecule has 1 atom stereocenters. The van der Waals surface area contributed by atoms with Gasteiger partial charge in [0.15, 0.2) is 11.5 Å². The number of nitrogens with one attached hydrogen (secondary N) is 1. The molecule has 0 bridgehead atoms. The predicted molar refractivity (Wildman–Crippen MR) is 110 cm³/mol. The number of likely N-dealkylation sites (tertiary alicyclic amines) is 1. The monoisotopic (exact) mass is 401 g/mol. The molecule has 1 amide bonds. The fourth-order valence-electron chi connectivity index (χ4n) is 4.07. The van der Waals surface area contributed by atoms with Crippen LogP contribution in [0.4, 0.5) is 16.6 Å². The average molecular weight is 401 g/mol. The second-order valence-electron chi connectivity index (χ2n) is 7.50. The number of carboxylic acid groups (broad SMARTS) is 1. The van der Waals surface area contributed by atoms with Crippen molar-refractivity contribution >= 4 is 28.8 Å². The molecule has 4 rings (SSSR count). The van der Waals surface area contributed by atoms with Crippen molar-refractivity contribution in [2.45, 2.75) is 31.7 Å². The van der Waals surface area contributed by atoms with Gasteiger partial charge in [-0.15, -0.1) is 0 Å². The molecule has 1 aromatic heterocycles. The number of fused-ring (bicyclic) bond motifs is 1. The highest BCUT2D eigenvalue weighted by Gasteiger charge is 2.25. The van der Waals surface area contributed by atoms with Crippen molar-refractivity contribution in [3.63, 3.8) is 0 Å². The van der Waals surface area contributed by atoms with Gasteiger partial charge in [-0.05, 0) is 31.7 Å². The van der Waals surface area contributed by atoms with Gasteiger partial charge in [0.1, 0.15) is 5.82 Å². The van der Waals surface area contributed by atoms with Crippen molar-refractivity contribution in [3.8, 4) is 11.5 Å². The van der Waals surface area contributed by atoms with Gasteiger partial charge in [-0.3, -0.25) is 0 Å². The van der Waals surface area contributed by atoms with Crippen molar-refractivity contribution in [1.29, 1.82) is 0 Å². The Labute approximate surface area is 169 Å². The van der Waals surface area contributed by atoms with Gasteiger partial charge in [-0.1, -0.05) is 0 Å². The molecule has 9 heteroatoms. The molecule has 2 N–H and O–H groups in total. The number of benzene rings is 1. The molecular weight excluding hydrogens is 374 g/mol. The summed E-state index contributed by atoms with van der Waals surface area (Å²) in [4.78, 5) is 24.6. The number of hydrogen-bond acceptors (Lipinski definition) is 7. The number of aromatic nitrogens is 2. The van der Waals surface area contributed by atoms with Gasteiger partial charge in [-0.2, -0.15) is 4.98 Å². The number of anilines is 2. The van der Waals surface area contributed by atoms with E-state index in [-0.39, 0.29) is 6.04 Å². The molecule has 0 aliphatic carbocycles. The molecule has 1 aromatic carbocycles. The second kappa shape index (κ2) is 8.18. The van der Waals surface area contributed by atoms with Crippen LogP contribution >= 0.6 is 0 Å². The molecular formula is C20H27N5O4. The molecule has 2 saturated heterocycles. The van der Waals surface area contributed by atoms with Gasteiger partial charge in [0, 0.05) is 43.7 Å². The Morgan fingerprint density at radius 1 is 1.10 bits per heavy atom. The maximum atomic E-state index is 11.4. The summed E-state index contributed by atoms with van der Waals surface area (Å²) in [6, 6.07) is 3.74. The third-order valence-corrected chi connectivity index (χ3v) is 5.61. The summed E-state index contributed by atoms with van der Waals surface area (Å²) in [5.74, 6) is 2.62. The van der Waals surface area contributed by atoms with Gasteiger partial charge in [0.05, 0.1) is 19.7 Å². The number of hydrogen-bond donors (Lipinski definition) is 2. The number of rotatable bonds is 5. The van der Waals surface area contributed by atoms with E-state index in [0.717, 1.165) is 49.7 Å². The number of methoxy groups -OCH3 is 2. The Bertz CT molecular complexity index is 900. The van der Waals surface area contributed by atoms with E-state index in [1.54, 1.807) is 14.2 Å². The van der Waals surface area contributed by atoms with Crippen LogP contribution in [0.25, 0.3) is 10.9 Å². The molecule has 0 radical (unpaired) electrons. The lowest BCUT2D eigenvalue weighted by molar-refractivity contribution is 0.133. The van der Waals surface area contributed by atoms with E-state index in [1.807, 2.05) is 12.1 Å². The van der Waals surface area contributed by atoms with Crippen LogP contribution in [0.5, 0.6) is 11.5 Å². The van der Waals surface area contributed by atoms with E-state index in [2.05, 4.69) is 10.2 Å².